The number of nitro benzene ring substituents is 2. The minimum Gasteiger partial charge on any atom is -0.270 e. The first-order valence-corrected chi connectivity index (χ1v) is 6.63. The molecule has 0 unspecified atom stereocenters. The average Bonchev–Trinajstić information content (AvgIpc) is 2.46. The lowest BCUT2D eigenvalue weighted by atomic mass is 10.2. The number of non-ortho nitro benzene ring substituents is 1. The highest BCUT2D eigenvalue weighted by Crippen LogP contribution is 2.38. The molecular weight excluding hydrogens is 366 g/mol. The largest absolute Gasteiger partial charge is 0.293 e. The first-order chi connectivity index (χ1) is 9.90. The Morgan fingerprint density at radius 1 is 1.00 bits per heavy atom. The Labute approximate surface area is 132 Å². The maximum Gasteiger partial charge on any atom is 0.293 e. The van der Waals surface area contributed by atoms with Crippen LogP contribution in [0.1, 0.15) is 0 Å². The smallest absolute Gasteiger partial charge is 0.270 e. The number of anilines is 2. The summed E-state index contributed by atoms with van der Waals surface area (Å²) in [7, 11) is 0. The summed E-state index contributed by atoms with van der Waals surface area (Å²) >= 11 is 9.07. The summed E-state index contributed by atoms with van der Waals surface area (Å²) in [5, 5.41) is 22.0. The Kier molecular flexibility index (Phi) is 4.39. The summed E-state index contributed by atoms with van der Waals surface area (Å²) in [5.41, 5.74) is 0.502. The van der Waals surface area contributed by atoms with Gasteiger partial charge in [-0.05, 0) is 24.3 Å². The van der Waals surface area contributed by atoms with Crippen molar-refractivity contribution in [3.8, 4) is 0 Å². The number of hydrogen-bond acceptors (Lipinski definition) is 5. The van der Waals surface area contributed by atoms with Gasteiger partial charge >= 0.3 is 0 Å². The molecule has 0 saturated carbocycles. The van der Waals surface area contributed by atoms with Crippen molar-refractivity contribution in [2.24, 2.45) is 0 Å². The third-order valence-corrected chi connectivity index (χ3v) is 3.66. The van der Waals surface area contributed by atoms with E-state index in [1.165, 1.54) is 46.4 Å². The van der Waals surface area contributed by atoms with Crippen molar-refractivity contribution in [3.05, 3.63) is 67.7 Å². The standard InChI is InChI=1S/C12H7BrClN3O4/c13-15(9-2-4-10(5-3-9)16(18)19)12-7-8(14)1-6-11(12)17(20)21/h1-7H. The van der Waals surface area contributed by atoms with Crippen molar-refractivity contribution < 1.29 is 9.85 Å². The molecule has 0 aliphatic carbocycles. The minimum atomic E-state index is -0.536. The van der Waals surface area contributed by atoms with E-state index in [2.05, 4.69) is 16.1 Å². The first-order valence-electron chi connectivity index (χ1n) is 5.54. The Morgan fingerprint density at radius 2 is 1.62 bits per heavy atom. The number of hydrogen-bond donors (Lipinski definition) is 0. The van der Waals surface area contributed by atoms with Gasteiger partial charge < -0.3 is 0 Å². The van der Waals surface area contributed by atoms with Gasteiger partial charge in [-0.15, -0.1) is 0 Å². The maximum absolute atomic E-state index is 11.0. The Morgan fingerprint density at radius 3 is 2.14 bits per heavy atom. The van der Waals surface area contributed by atoms with Gasteiger partial charge in [-0.3, -0.25) is 24.2 Å². The van der Waals surface area contributed by atoms with Gasteiger partial charge in [0.15, 0.2) is 0 Å². The summed E-state index contributed by atoms with van der Waals surface area (Å²) in [6.07, 6.45) is 0. The topological polar surface area (TPSA) is 89.5 Å². The lowest BCUT2D eigenvalue weighted by Crippen LogP contribution is -2.04. The molecule has 0 fully saturated rings. The van der Waals surface area contributed by atoms with E-state index in [1.807, 2.05) is 0 Å². The lowest BCUT2D eigenvalue weighted by molar-refractivity contribution is -0.384. The Hall–Kier alpha value is -2.19. The molecule has 21 heavy (non-hydrogen) atoms. The number of nitro groups is 2. The van der Waals surface area contributed by atoms with Crippen LogP contribution in [0.4, 0.5) is 22.7 Å². The molecule has 0 saturated heterocycles. The summed E-state index contributed by atoms with van der Waals surface area (Å²) in [6.45, 7) is 0. The number of nitrogens with zero attached hydrogens (tertiary/aromatic N) is 3. The lowest BCUT2D eigenvalue weighted by Gasteiger charge is -2.16. The number of rotatable bonds is 4. The number of benzene rings is 2. The van der Waals surface area contributed by atoms with Crippen molar-refractivity contribution in [1.29, 1.82) is 0 Å². The molecule has 9 heteroatoms. The fraction of sp³-hybridized carbons (Fsp3) is 0. The highest BCUT2D eigenvalue weighted by Gasteiger charge is 2.20. The van der Waals surface area contributed by atoms with Crippen molar-refractivity contribution in [2.45, 2.75) is 0 Å². The summed E-state index contributed by atoms with van der Waals surface area (Å²) in [5.74, 6) is 0. The molecule has 0 N–H and O–H groups in total. The Bertz CT molecular complexity index is 708. The van der Waals surface area contributed by atoms with Gasteiger partial charge in [0.2, 0.25) is 0 Å². The molecule has 0 aliphatic heterocycles. The maximum atomic E-state index is 11.0. The third kappa shape index (κ3) is 3.29. The zero-order chi connectivity index (χ0) is 15.6. The molecule has 2 aromatic carbocycles. The van der Waals surface area contributed by atoms with Gasteiger partial charge in [-0.1, -0.05) is 11.6 Å². The van der Waals surface area contributed by atoms with E-state index < -0.39 is 9.85 Å². The fourth-order valence-corrected chi connectivity index (χ4v) is 2.34. The molecule has 2 rings (SSSR count). The molecular formula is C12H7BrClN3O4. The van der Waals surface area contributed by atoms with E-state index >= 15 is 0 Å². The predicted molar refractivity (Wildman–Crippen MR) is 82.3 cm³/mol. The van der Waals surface area contributed by atoms with Crippen LogP contribution < -0.4 is 3.93 Å². The predicted octanol–water partition coefficient (Wildman–Crippen LogP) is 4.60. The normalized spacial score (nSPS) is 10.2. The molecule has 0 heterocycles. The van der Waals surface area contributed by atoms with E-state index in [-0.39, 0.29) is 17.1 Å². The first kappa shape index (κ1) is 15.2. The van der Waals surface area contributed by atoms with Crippen LogP contribution in [0.3, 0.4) is 0 Å². The minimum absolute atomic E-state index is 0.0692. The van der Waals surface area contributed by atoms with Gasteiger partial charge in [-0.25, -0.2) is 0 Å². The molecule has 0 amide bonds. The molecule has 0 radical (unpaired) electrons. The van der Waals surface area contributed by atoms with Crippen molar-refractivity contribution in [3.63, 3.8) is 0 Å². The molecule has 0 spiro atoms. The van der Waals surface area contributed by atoms with Crippen molar-refractivity contribution >= 4 is 50.5 Å². The second kappa shape index (κ2) is 6.06. The van der Waals surface area contributed by atoms with E-state index in [4.69, 9.17) is 11.6 Å². The van der Waals surface area contributed by atoms with E-state index in [1.54, 1.807) is 0 Å². The van der Waals surface area contributed by atoms with E-state index in [0.29, 0.717) is 10.7 Å². The van der Waals surface area contributed by atoms with E-state index in [9.17, 15) is 20.2 Å². The van der Waals surface area contributed by atoms with Crippen molar-refractivity contribution in [1.82, 2.24) is 0 Å². The highest BCUT2D eigenvalue weighted by molar-refractivity contribution is 9.10. The van der Waals surface area contributed by atoms with Crippen LogP contribution in [0.15, 0.2) is 42.5 Å². The molecule has 0 aliphatic rings. The van der Waals surface area contributed by atoms with Gasteiger partial charge in [0, 0.05) is 23.2 Å². The second-order valence-electron chi connectivity index (χ2n) is 3.94. The molecule has 2 aromatic rings. The average molecular weight is 373 g/mol. The Balaban J connectivity index is 2.44. The van der Waals surface area contributed by atoms with E-state index in [0.717, 1.165) is 0 Å². The molecule has 7 nitrogen and oxygen atoms in total. The van der Waals surface area contributed by atoms with Gasteiger partial charge in [-0.2, -0.15) is 0 Å². The zero-order valence-electron chi connectivity index (χ0n) is 10.3. The highest BCUT2D eigenvalue weighted by atomic mass is 79.9. The van der Waals surface area contributed by atoms with Crippen LogP contribution in [0, 0.1) is 20.2 Å². The third-order valence-electron chi connectivity index (χ3n) is 2.63. The summed E-state index contributed by atoms with van der Waals surface area (Å²) in [6, 6.07) is 9.68. The quantitative estimate of drug-likeness (QED) is 0.444. The number of halogens is 2. The van der Waals surface area contributed by atoms with Crippen LogP contribution >= 0.6 is 27.7 Å². The van der Waals surface area contributed by atoms with Crippen molar-refractivity contribution in [2.75, 3.05) is 3.93 Å². The second-order valence-corrected chi connectivity index (χ2v) is 5.09. The van der Waals surface area contributed by atoms with Crippen LogP contribution in [0.25, 0.3) is 0 Å². The summed E-state index contributed by atoms with van der Waals surface area (Å²) < 4.78 is 1.36. The fourth-order valence-electron chi connectivity index (χ4n) is 1.65. The molecule has 0 atom stereocenters. The van der Waals surface area contributed by atoms with Gasteiger partial charge in [0.05, 0.1) is 31.7 Å². The molecule has 0 bridgehead atoms. The zero-order valence-corrected chi connectivity index (χ0v) is 12.6. The van der Waals surface area contributed by atoms with Gasteiger partial charge in [0.25, 0.3) is 11.4 Å². The summed E-state index contributed by atoms with van der Waals surface area (Å²) in [4.78, 5) is 20.6. The molecule has 108 valence electrons. The molecule has 0 aromatic heterocycles. The monoisotopic (exact) mass is 371 g/mol. The SMILES string of the molecule is O=[N+]([O-])c1ccc(N(Br)c2cc(Cl)ccc2[N+](=O)[O-])cc1. The van der Waals surface area contributed by atoms with Crippen LogP contribution in [0.5, 0.6) is 0 Å². The van der Waals surface area contributed by atoms with Crippen LogP contribution in [-0.4, -0.2) is 9.85 Å². The van der Waals surface area contributed by atoms with Crippen LogP contribution in [-0.2, 0) is 0 Å². The van der Waals surface area contributed by atoms with Gasteiger partial charge in [0.1, 0.15) is 5.69 Å². The van der Waals surface area contributed by atoms with Crippen LogP contribution in [0.2, 0.25) is 5.02 Å².